The van der Waals surface area contributed by atoms with Crippen molar-refractivity contribution in [2.75, 3.05) is 27.2 Å². The van der Waals surface area contributed by atoms with Gasteiger partial charge in [-0.2, -0.15) is 0 Å². The second-order valence-corrected chi connectivity index (χ2v) is 6.05. The smallest absolute Gasteiger partial charge is 0.236 e. The Kier molecular flexibility index (Phi) is 5.31. The molecule has 2 rings (SSSR count). The van der Waals surface area contributed by atoms with Gasteiger partial charge in [0.1, 0.15) is 11.1 Å². The van der Waals surface area contributed by atoms with Crippen LogP contribution < -0.4 is 10.1 Å². The zero-order valence-electron chi connectivity index (χ0n) is 12.3. The summed E-state index contributed by atoms with van der Waals surface area (Å²) in [6.07, 6.45) is 0.866. The molecule has 1 N–H and O–H groups in total. The van der Waals surface area contributed by atoms with Crippen LogP contribution in [0.2, 0.25) is 0 Å². The molecule has 1 aliphatic heterocycles. The molecule has 2 unspecified atom stereocenters. The van der Waals surface area contributed by atoms with Gasteiger partial charge < -0.3 is 15.0 Å². The van der Waals surface area contributed by atoms with Gasteiger partial charge in [-0.15, -0.1) is 11.8 Å². The third kappa shape index (κ3) is 2.94. The molecule has 4 nitrogen and oxygen atoms in total. The minimum atomic E-state index is 0.0527. The summed E-state index contributed by atoms with van der Waals surface area (Å²) in [6, 6.07) is 7.96. The number of hydrogen-bond donors (Lipinski definition) is 1. The molecular weight excluding hydrogens is 272 g/mol. The van der Waals surface area contributed by atoms with Gasteiger partial charge in [0.25, 0.3) is 0 Å². The Balaban J connectivity index is 2.29. The first kappa shape index (κ1) is 15.2. The maximum absolute atomic E-state index is 12.5. The summed E-state index contributed by atoms with van der Waals surface area (Å²) in [5.41, 5.74) is 1.08. The van der Waals surface area contributed by atoms with Crippen molar-refractivity contribution in [2.24, 2.45) is 0 Å². The Morgan fingerprint density at radius 2 is 2.15 bits per heavy atom. The Morgan fingerprint density at radius 3 is 2.80 bits per heavy atom. The van der Waals surface area contributed by atoms with Gasteiger partial charge in [-0.25, -0.2) is 0 Å². The van der Waals surface area contributed by atoms with E-state index in [0.29, 0.717) is 0 Å². The zero-order valence-corrected chi connectivity index (χ0v) is 13.1. The van der Waals surface area contributed by atoms with Gasteiger partial charge in [0.15, 0.2) is 0 Å². The molecule has 20 heavy (non-hydrogen) atoms. The molecule has 0 spiro atoms. The summed E-state index contributed by atoms with van der Waals surface area (Å²) in [7, 11) is 3.58. The van der Waals surface area contributed by atoms with Crippen LogP contribution in [0.25, 0.3) is 0 Å². The molecule has 5 heteroatoms. The number of hydrogen-bond acceptors (Lipinski definition) is 4. The second-order valence-electron chi connectivity index (χ2n) is 4.76. The van der Waals surface area contributed by atoms with E-state index in [-0.39, 0.29) is 16.5 Å². The highest BCUT2D eigenvalue weighted by Gasteiger charge is 2.40. The molecule has 1 saturated heterocycles. The van der Waals surface area contributed by atoms with Crippen LogP contribution in [0.3, 0.4) is 0 Å². The molecule has 2 atom stereocenters. The van der Waals surface area contributed by atoms with Gasteiger partial charge in [0, 0.05) is 18.7 Å². The van der Waals surface area contributed by atoms with Crippen LogP contribution in [-0.4, -0.2) is 43.3 Å². The summed E-state index contributed by atoms with van der Waals surface area (Å²) >= 11 is 1.73. The lowest BCUT2D eigenvalue weighted by Crippen LogP contribution is -2.36. The molecule has 1 aromatic carbocycles. The highest BCUT2D eigenvalue weighted by molar-refractivity contribution is 8.01. The van der Waals surface area contributed by atoms with Crippen molar-refractivity contribution in [3.63, 3.8) is 0 Å². The van der Waals surface area contributed by atoms with Gasteiger partial charge in [-0.05, 0) is 19.5 Å². The van der Waals surface area contributed by atoms with Crippen molar-refractivity contribution in [1.29, 1.82) is 0 Å². The number of methoxy groups -OCH3 is 1. The first-order valence-electron chi connectivity index (χ1n) is 6.96. The number of carbonyl (C=O) groups excluding carboxylic acids is 1. The first-order valence-corrected chi connectivity index (χ1v) is 7.90. The van der Waals surface area contributed by atoms with Crippen LogP contribution in [0.5, 0.6) is 5.75 Å². The third-order valence-corrected chi connectivity index (χ3v) is 5.14. The third-order valence-electron chi connectivity index (χ3n) is 3.51. The number of likely N-dealkylation sites (N-methyl/N-ethyl adjacent to an activating group) is 1. The standard InChI is InChI=1S/C15H22N2O2S/c1-4-13-14(18)17(10-9-16-2)15(20-13)11-7-5-6-8-12(11)19-3/h5-8,13,15-16H,4,9-10H2,1-3H3. The molecular formula is C15H22N2O2S. The number of ether oxygens (including phenoxy) is 1. The summed E-state index contributed by atoms with van der Waals surface area (Å²) in [5.74, 6) is 1.09. The Hall–Kier alpha value is -1.20. The molecule has 1 fully saturated rings. The number of carbonyl (C=O) groups is 1. The minimum absolute atomic E-state index is 0.0527. The lowest BCUT2D eigenvalue weighted by molar-refractivity contribution is -0.130. The van der Waals surface area contributed by atoms with E-state index in [9.17, 15) is 4.79 Å². The van der Waals surface area contributed by atoms with Gasteiger partial charge in [0.2, 0.25) is 5.91 Å². The SMILES string of the molecule is CCC1SC(c2ccccc2OC)N(CCNC)C1=O. The van der Waals surface area contributed by atoms with Crippen LogP contribution in [0.4, 0.5) is 0 Å². The number of benzene rings is 1. The van der Waals surface area contributed by atoms with Crippen molar-refractivity contribution >= 4 is 17.7 Å². The second kappa shape index (κ2) is 6.99. The number of thioether (sulfide) groups is 1. The number of amides is 1. The Morgan fingerprint density at radius 1 is 1.40 bits per heavy atom. The summed E-state index contributed by atoms with van der Waals surface area (Å²) < 4.78 is 5.45. The predicted molar refractivity (Wildman–Crippen MR) is 83.0 cm³/mol. The molecule has 1 aromatic rings. The lowest BCUT2D eigenvalue weighted by Gasteiger charge is -2.25. The molecule has 0 bridgehead atoms. The van der Waals surface area contributed by atoms with Crippen molar-refractivity contribution < 1.29 is 9.53 Å². The van der Waals surface area contributed by atoms with E-state index in [0.717, 1.165) is 30.8 Å². The molecule has 1 aliphatic rings. The maximum Gasteiger partial charge on any atom is 0.236 e. The average molecular weight is 294 g/mol. The summed E-state index contributed by atoms with van der Waals surface area (Å²) in [6.45, 7) is 3.59. The summed E-state index contributed by atoms with van der Waals surface area (Å²) in [5, 5.41) is 3.22. The van der Waals surface area contributed by atoms with Crippen molar-refractivity contribution in [3.05, 3.63) is 29.8 Å². The normalized spacial score (nSPS) is 22.4. The van der Waals surface area contributed by atoms with Gasteiger partial charge in [0.05, 0.1) is 12.4 Å². The van der Waals surface area contributed by atoms with Crippen LogP contribution in [0, 0.1) is 0 Å². The first-order chi connectivity index (χ1) is 9.72. The highest BCUT2D eigenvalue weighted by Crippen LogP contribution is 2.46. The van der Waals surface area contributed by atoms with Crippen molar-refractivity contribution in [3.8, 4) is 5.75 Å². The highest BCUT2D eigenvalue weighted by atomic mass is 32.2. The fourth-order valence-electron chi connectivity index (χ4n) is 2.43. The quantitative estimate of drug-likeness (QED) is 0.874. The number of para-hydroxylation sites is 1. The van der Waals surface area contributed by atoms with Crippen LogP contribution >= 0.6 is 11.8 Å². The largest absolute Gasteiger partial charge is 0.496 e. The van der Waals surface area contributed by atoms with E-state index in [2.05, 4.69) is 12.2 Å². The summed E-state index contributed by atoms with van der Waals surface area (Å²) in [4.78, 5) is 14.4. The fraction of sp³-hybridized carbons (Fsp3) is 0.533. The van der Waals surface area contributed by atoms with E-state index >= 15 is 0 Å². The molecule has 0 aromatic heterocycles. The average Bonchev–Trinajstić information content (AvgIpc) is 2.81. The van der Waals surface area contributed by atoms with Gasteiger partial charge >= 0.3 is 0 Å². The van der Waals surface area contributed by atoms with Crippen molar-refractivity contribution in [1.82, 2.24) is 10.2 Å². The molecule has 1 heterocycles. The van der Waals surface area contributed by atoms with E-state index < -0.39 is 0 Å². The number of nitrogens with one attached hydrogen (secondary N) is 1. The van der Waals surface area contributed by atoms with Gasteiger partial charge in [-0.1, -0.05) is 25.1 Å². The van der Waals surface area contributed by atoms with Crippen LogP contribution in [0.15, 0.2) is 24.3 Å². The maximum atomic E-state index is 12.5. The van der Waals surface area contributed by atoms with Gasteiger partial charge in [-0.3, -0.25) is 4.79 Å². The monoisotopic (exact) mass is 294 g/mol. The van der Waals surface area contributed by atoms with Crippen molar-refractivity contribution in [2.45, 2.75) is 24.0 Å². The molecule has 0 saturated carbocycles. The van der Waals surface area contributed by atoms with E-state index in [1.165, 1.54) is 0 Å². The molecule has 0 aliphatic carbocycles. The minimum Gasteiger partial charge on any atom is -0.496 e. The van der Waals surface area contributed by atoms with E-state index in [1.807, 2.05) is 36.2 Å². The predicted octanol–water partition coefficient (Wildman–Crippen LogP) is 2.27. The zero-order chi connectivity index (χ0) is 14.5. The Labute approximate surface area is 124 Å². The Bertz CT molecular complexity index is 467. The topological polar surface area (TPSA) is 41.6 Å². The molecule has 0 radical (unpaired) electrons. The van der Waals surface area contributed by atoms with Crippen LogP contribution in [0.1, 0.15) is 24.3 Å². The lowest BCUT2D eigenvalue weighted by atomic mass is 10.1. The molecule has 1 amide bonds. The van der Waals surface area contributed by atoms with Crippen LogP contribution in [-0.2, 0) is 4.79 Å². The molecule has 110 valence electrons. The number of rotatable bonds is 6. The van der Waals surface area contributed by atoms with E-state index in [1.54, 1.807) is 18.9 Å². The van der Waals surface area contributed by atoms with E-state index in [4.69, 9.17) is 4.74 Å². The fourth-order valence-corrected chi connectivity index (χ4v) is 3.88. The number of nitrogens with zero attached hydrogens (tertiary/aromatic N) is 1.